The molecule has 43 heavy (non-hydrogen) atoms. The van der Waals surface area contributed by atoms with Crippen LogP contribution in [0.1, 0.15) is 49.9 Å². The van der Waals surface area contributed by atoms with E-state index in [2.05, 4.69) is 18.8 Å². The van der Waals surface area contributed by atoms with Crippen molar-refractivity contribution in [2.24, 2.45) is 5.92 Å². The summed E-state index contributed by atoms with van der Waals surface area (Å²) in [5.74, 6) is -0.323. The number of carbonyl (C=O) groups excluding carboxylic acids is 2. The molecular formula is C33H31FN2O6S. The first-order valence-electron chi connectivity index (χ1n) is 14.1. The lowest BCUT2D eigenvalue weighted by molar-refractivity contribution is -0.132. The highest BCUT2D eigenvalue weighted by molar-refractivity contribution is 7.22. The number of nitrogens with zero attached hydrogens (tertiary/aromatic N) is 2. The van der Waals surface area contributed by atoms with Gasteiger partial charge in [-0.3, -0.25) is 14.5 Å². The number of methoxy groups -OCH3 is 1. The number of ether oxygens (including phenoxy) is 3. The van der Waals surface area contributed by atoms with E-state index in [1.165, 1.54) is 30.2 Å². The van der Waals surface area contributed by atoms with Crippen molar-refractivity contribution < 1.29 is 33.3 Å². The van der Waals surface area contributed by atoms with Gasteiger partial charge in [-0.1, -0.05) is 31.3 Å². The van der Waals surface area contributed by atoms with Gasteiger partial charge in [0, 0.05) is 12.0 Å². The number of halogens is 1. The van der Waals surface area contributed by atoms with E-state index in [9.17, 15) is 19.1 Å². The van der Waals surface area contributed by atoms with Crippen LogP contribution in [0.15, 0.2) is 60.2 Å². The van der Waals surface area contributed by atoms with Gasteiger partial charge in [-0.2, -0.15) is 0 Å². The minimum Gasteiger partial charge on any atom is -0.507 e. The van der Waals surface area contributed by atoms with E-state index in [4.69, 9.17) is 14.2 Å². The molecule has 10 heteroatoms. The Kier molecular flexibility index (Phi) is 7.56. The SMILES string of the molecule is COc1cc([C@@H]2/C(=C(\O)c3ccc4c(c3)C[C@@H](C)O4)C(=O)C(=O)N2c2nc3ccc(F)cc3s2)ccc1OCCC(C)C. The molecule has 222 valence electrons. The Labute approximate surface area is 252 Å². The number of hydrogen-bond acceptors (Lipinski definition) is 8. The number of benzene rings is 3. The van der Waals surface area contributed by atoms with Crippen molar-refractivity contribution >= 4 is 44.1 Å². The van der Waals surface area contributed by atoms with Gasteiger partial charge < -0.3 is 19.3 Å². The van der Waals surface area contributed by atoms with Crippen LogP contribution in [-0.2, 0) is 16.0 Å². The molecule has 3 aromatic carbocycles. The summed E-state index contributed by atoms with van der Waals surface area (Å²) in [5, 5.41) is 11.9. The molecule has 1 fully saturated rings. The lowest BCUT2D eigenvalue weighted by atomic mass is 9.94. The van der Waals surface area contributed by atoms with Gasteiger partial charge in [-0.15, -0.1) is 0 Å². The summed E-state index contributed by atoms with van der Waals surface area (Å²) in [6.45, 7) is 6.67. The summed E-state index contributed by atoms with van der Waals surface area (Å²) in [5.41, 5.74) is 2.21. The zero-order valence-corrected chi connectivity index (χ0v) is 25.0. The molecule has 2 aliphatic rings. The molecule has 0 bridgehead atoms. The fourth-order valence-electron chi connectivity index (χ4n) is 5.44. The number of hydrogen-bond donors (Lipinski definition) is 1. The van der Waals surface area contributed by atoms with E-state index in [0.717, 1.165) is 29.1 Å². The van der Waals surface area contributed by atoms with Crippen molar-refractivity contribution in [3.63, 3.8) is 0 Å². The third kappa shape index (κ3) is 5.31. The fourth-order valence-corrected chi connectivity index (χ4v) is 6.45. The number of aliphatic hydroxyl groups is 1. The van der Waals surface area contributed by atoms with Crippen molar-refractivity contribution in [2.45, 2.75) is 45.8 Å². The van der Waals surface area contributed by atoms with Crippen LogP contribution in [0.25, 0.3) is 16.0 Å². The summed E-state index contributed by atoms with van der Waals surface area (Å²) >= 11 is 1.09. The molecule has 0 spiro atoms. The van der Waals surface area contributed by atoms with Gasteiger partial charge in [-0.25, -0.2) is 9.37 Å². The number of thiazole rings is 1. The van der Waals surface area contributed by atoms with Crippen LogP contribution in [0.3, 0.4) is 0 Å². The molecular weight excluding hydrogens is 571 g/mol. The number of carbonyl (C=O) groups is 2. The summed E-state index contributed by atoms with van der Waals surface area (Å²) in [6.07, 6.45) is 1.51. The Bertz CT molecular complexity index is 1780. The van der Waals surface area contributed by atoms with Crippen LogP contribution < -0.4 is 19.1 Å². The molecule has 1 aromatic heterocycles. The predicted molar refractivity (Wildman–Crippen MR) is 163 cm³/mol. The molecule has 1 saturated heterocycles. The van der Waals surface area contributed by atoms with E-state index in [1.54, 1.807) is 36.4 Å². The van der Waals surface area contributed by atoms with Crippen LogP contribution >= 0.6 is 11.3 Å². The molecule has 8 nitrogen and oxygen atoms in total. The van der Waals surface area contributed by atoms with Crippen LogP contribution in [-0.4, -0.2) is 41.6 Å². The Hall–Kier alpha value is -4.44. The van der Waals surface area contributed by atoms with Crippen molar-refractivity contribution in [3.05, 3.63) is 82.7 Å². The van der Waals surface area contributed by atoms with Gasteiger partial charge in [-0.05, 0) is 78.9 Å². The van der Waals surface area contributed by atoms with Crippen molar-refractivity contribution in [3.8, 4) is 17.2 Å². The fraction of sp³-hybridized carbons (Fsp3) is 0.303. The normalized spacial score (nSPS) is 19.3. The number of aliphatic hydroxyl groups excluding tert-OH is 1. The quantitative estimate of drug-likeness (QED) is 0.134. The smallest absolute Gasteiger partial charge is 0.301 e. The van der Waals surface area contributed by atoms with E-state index in [1.807, 2.05) is 6.92 Å². The average Bonchev–Trinajstić information content (AvgIpc) is 3.64. The molecule has 4 aromatic rings. The van der Waals surface area contributed by atoms with Crippen LogP contribution in [0.4, 0.5) is 9.52 Å². The molecule has 0 radical (unpaired) electrons. The first-order valence-corrected chi connectivity index (χ1v) is 14.9. The van der Waals surface area contributed by atoms with Gasteiger partial charge in [0.2, 0.25) is 0 Å². The minimum absolute atomic E-state index is 0.00409. The van der Waals surface area contributed by atoms with Crippen molar-refractivity contribution in [1.29, 1.82) is 0 Å². The summed E-state index contributed by atoms with van der Waals surface area (Å²) in [4.78, 5) is 33.2. The van der Waals surface area contributed by atoms with Gasteiger partial charge >= 0.3 is 5.91 Å². The summed E-state index contributed by atoms with van der Waals surface area (Å²) in [7, 11) is 1.51. The highest BCUT2D eigenvalue weighted by Gasteiger charge is 2.48. The maximum Gasteiger partial charge on any atom is 0.301 e. The molecule has 0 saturated carbocycles. The summed E-state index contributed by atoms with van der Waals surface area (Å²) < 4.78 is 31.9. The number of ketones is 1. The lowest BCUT2D eigenvalue weighted by Crippen LogP contribution is -2.29. The highest BCUT2D eigenvalue weighted by Crippen LogP contribution is 2.46. The topological polar surface area (TPSA) is 98.2 Å². The van der Waals surface area contributed by atoms with Crippen molar-refractivity contribution in [2.75, 3.05) is 18.6 Å². The summed E-state index contributed by atoms with van der Waals surface area (Å²) in [6, 6.07) is 13.5. The van der Waals surface area contributed by atoms with Crippen LogP contribution in [0, 0.1) is 11.7 Å². The van der Waals surface area contributed by atoms with E-state index in [-0.39, 0.29) is 22.6 Å². The van der Waals surface area contributed by atoms with E-state index < -0.39 is 23.5 Å². The number of aromatic nitrogens is 1. The first-order chi connectivity index (χ1) is 20.6. The number of anilines is 1. The molecule has 3 heterocycles. The maximum absolute atomic E-state index is 14.0. The van der Waals surface area contributed by atoms with Gasteiger partial charge in [0.05, 0.1) is 35.5 Å². The number of amides is 1. The Balaban J connectivity index is 1.49. The Morgan fingerprint density at radius 3 is 2.72 bits per heavy atom. The van der Waals surface area contributed by atoms with Crippen LogP contribution in [0.5, 0.6) is 17.2 Å². The molecule has 1 N–H and O–H groups in total. The largest absolute Gasteiger partial charge is 0.507 e. The zero-order chi connectivity index (χ0) is 30.4. The first kappa shape index (κ1) is 28.7. The molecule has 0 aliphatic carbocycles. The third-order valence-corrected chi connectivity index (χ3v) is 8.63. The minimum atomic E-state index is -1.03. The Morgan fingerprint density at radius 2 is 1.95 bits per heavy atom. The van der Waals surface area contributed by atoms with Gasteiger partial charge in [0.25, 0.3) is 5.78 Å². The second kappa shape index (κ2) is 11.3. The molecule has 0 unspecified atom stereocenters. The number of rotatable bonds is 8. The molecule has 2 atom stereocenters. The molecule has 6 rings (SSSR count). The predicted octanol–water partition coefficient (Wildman–Crippen LogP) is 6.82. The van der Waals surface area contributed by atoms with Gasteiger partial charge in [0.15, 0.2) is 16.6 Å². The van der Waals surface area contributed by atoms with E-state index >= 15 is 0 Å². The molecule has 1 amide bonds. The average molecular weight is 603 g/mol. The molecule has 2 aliphatic heterocycles. The number of fused-ring (bicyclic) bond motifs is 2. The van der Waals surface area contributed by atoms with Crippen LogP contribution in [0.2, 0.25) is 0 Å². The number of Topliss-reactive ketones (excluding diaryl/α,β-unsaturated/α-hetero) is 1. The maximum atomic E-state index is 14.0. The second-order valence-corrected chi connectivity index (χ2v) is 12.2. The Morgan fingerprint density at radius 1 is 1.14 bits per heavy atom. The lowest BCUT2D eigenvalue weighted by Gasteiger charge is -2.24. The van der Waals surface area contributed by atoms with E-state index in [0.29, 0.717) is 51.8 Å². The zero-order valence-electron chi connectivity index (χ0n) is 24.2. The van der Waals surface area contributed by atoms with Crippen molar-refractivity contribution in [1.82, 2.24) is 4.98 Å². The third-order valence-electron chi connectivity index (χ3n) is 7.62. The monoisotopic (exact) mass is 602 g/mol. The standard InChI is InChI=1S/C33H31FN2O6S/c1-17(2)11-12-41-25-10-5-19(15-26(25)40-4)29-28(30(37)20-6-9-24-21(14-20)13-18(3)42-24)31(38)32(39)36(29)33-35-23-8-7-22(34)16-27(23)43-33/h5-10,14-18,29,37H,11-13H2,1-4H3/b30-28+/t18-,29-/m1/s1. The highest BCUT2D eigenvalue weighted by atomic mass is 32.1. The second-order valence-electron chi connectivity index (χ2n) is 11.2. The van der Waals surface area contributed by atoms with Gasteiger partial charge in [0.1, 0.15) is 23.4 Å².